The van der Waals surface area contributed by atoms with Gasteiger partial charge in [-0.25, -0.2) is 13.6 Å². The zero-order chi connectivity index (χ0) is 15.7. The summed E-state index contributed by atoms with van der Waals surface area (Å²) in [4.78, 5) is 12.5. The van der Waals surface area contributed by atoms with Crippen LogP contribution in [0.25, 0.3) is 0 Å². The molecule has 7 heteroatoms. The van der Waals surface area contributed by atoms with Gasteiger partial charge in [0.25, 0.3) is 0 Å². The largest absolute Gasteiger partial charge is 0.325 e. The first-order valence-corrected chi connectivity index (χ1v) is 9.26. The van der Waals surface area contributed by atoms with E-state index in [4.69, 9.17) is 5.14 Å². The number of nitrogens with two attached hydrogens (primary N) is 1. The highest BCUT2D eigenvalue weighted by Crippen LogP contribution is 2.42. The van der Waals surface area contributed by atoms with Crippen molar-refractivity contribution in [2.75, 3.05) is 5.32 Å². The van der Waals surface area contributed by atoms with Gasteiger partial charge in [-0.2, -0.15) is 0 Å². The summed E-state index contributed by atoms with van der Waals surface area (Å²) in [5.74, 6) is 0.00607. The van der Waals surface area contributed by atoms with Crippen LogP contribution in [0.3, 0.4) is 0 Å². The van der Waals surface area contributed by atoms with Crippen molar-refractivity contribution < 1.29 is 13.2 Å². The molecule has 0 unspecified atom stereocenters. The van der Waals surface area contributed by atoms with Crippen LogP contribution in [-0.4, -0.2) is 14.3 Å². The van der Waals surface area contributed by atoms with Crippen LogP contribution < -0.4 is 10.5 Å². The molecular formula is C14H19BrN2O3S. The molecule has 0 aliphatic heterocycles. The van der Waals surface area contributed by atoms with E-state index in [-0.39, 0.29) is 16.2 Å². The Morgan fingerprint density at radius 1 is 1.38 bits per heavy atom. The van der Waals surface area contributed by atoms with E-state index in [9.17, 15) is 13.2 Å². The summed E-state index contributed by atoms with van der Waals surface area (Å²) in [6.45, 7) is 2.03. The average Bonchev–Trinajstić information content (AvgIpc) is 2.90. The van der Waals surface area contributed by atoms with E-state index in [2.05, 4.69) is 21.2 Å². The van der Waals surface area contributed by atoms with Gasteiger partial charge in [0.1, 0.15) is 0 Å². The number of primary sulfonamides is 1. The number of amides is 1. The molecule has 1 aromatic rings. The van der Waals surface area contributed by atoms with E-state index in [1.54, 1.807) is 6.07 Å². The quantitative estimate of drug-likeness (QED) is 0.848. The first kappa shape index (κ1) is 16.5. The predicted molar refractivity (Wildman–Crippen MR) is 85.3 cm³/mol. The number of halogens is 1. The lowest BCUT2D eigenvalue weighted by molar-refractivity contribution is -0.125. The molecule has 1 amide bonds. The molecule has 0 spiro atoms. The fourth-order valence-corrected chi connectivity index (χ4v) is 3.99. The van der Waals surface area contributed by atoms with Crippen molar-refractivity contribution in [3.63, 3.8) is 0 Å². The van der Waals surface area contributed by atoms with Crippen LogP contribution >= 0.6 is 15.9 Å². The molecule has 1 fully saturated rings. The van der Waals surface area contributed by atoms with Crippen LogP contribution in [0.4, 0.5) is 5.69 Å². The third kappa shape index (κ3) is 3.46. The predicted octanol–water partition coefficient (Wildman–Crippen LogP) is 3.01. The van der Waals surface area contributed by atoms with Gasteiger partial charge in [0.15, 0.2) is 0 Å². The molecule has 0 saturated heterocycles. The first-order chi connectivity index (χ1) is 9.78. The third-order valence-corrected chi connectivity index (χ3v) is 5.80. The summed E-state index contributed by atoms with van der Waals surface area (Å²) in [5.41, 5.74) is 0.269. The molecule has 1 saturated carbocycles. The van der Waals surface area contributed by atoms with Gasteiger partial charge in [0, 0.05) is 9.89 Å². The van der Waals surface area contributed by atoms with E-state index >= 15 is 0 Å². The minimum absolute atomic E-state index is 0.00607. The van der Waals surface area contributed by atoms with E-state index in [1.165, 1.54) is 12.1 Å². The molecule has 1 aliphatic rings. The second-order valence-corrected chi connectivity index (χ2v) is 7.90. The molecule has 1 aliphatic carbocycles. The van der Waals surface area contributed by atoms with Crippen molar-refractivity contribution in [1.82, 2.24) is 0 Å². The lowest BCUT2D eigenvalue weighted by atomic mass is 9.82. The zero-order valence-corrected chi connectivity index (χ0v) is 14.3. The molecule has 0 bridgehead atoms. The molecule has 3 N–H and O–H groups in total. The Morgan fingerprint density at radius 2 is 2.00 bits per heavy atom. The van der Waals surface area contributed by atoms with Gasteiger partial charge in [-0.1, -0.05) is 19.8 Å². The zero-order valence-electron chi connectivity index (χ0n) is 11.9. The molecule has 5 nitrogen and oxygen atoms in total. The van der Waals surface area contributed by atoms with E-state index in [0.717, 1.165) is 32.1 Å². The standard InChI is InChI=1S/C14H19BrN2O3S/c1-2-14(7-3-4-8-14)13(18)17-12-6-5-10(9-11(12)15)21(16,19)20/h5-6,9H,2-4,7-8H2,1H3,(H,17,18)(H2,16,19,20). The van der Waals surface area contributed by atoms with E-state index in [1.807, 2.05) is 6.92 Å². The number of anilines is 1. The molecule has 2 rings (SSSR count). The highest BCUT2D eigenvalue weighted by atomic mass is 79.9. The van der Waals surface area contributed by atoms with Crippen LogP contribution in [0.1, 0.15) is 39.0 Å². The minimum Gasteiger partial charge on any atom is -0.325 e. The lowest BCUT2D eigenvalue weighted by Crippen LogP contribution is -2.33. The van der Waals surface area contributed by atoms with Crippen LogP contribution in [0.2, 0.25) is 0 Å². The maximum absolute atomic E-state index is 12.5. The Balaban J connectivity index is 2.22. The summed E-state index contributed by atoms with van der Waals surface area (Å²) in [5, 5.41) is 7.98. The third-order valence-electron chi connectivity index (χ3n) is 4.24. The average molecular weight is 375 g/mol. The Bertz CT molecular complexity index is 652. The van der Waals surface area contributed by atoms with Crippen molar-refractivity contribution in [2.45, 2.75) is 43.9 Å². The Hall–Kier alpha value is -0.920. The maximum atomic E-state index is 12.5. The molecule has 1 aromatic carbocycles. The molecule has 0 heterocycles. The number of carbonyl (C=O) groups excluding carboxylic acids is 1. The van der Waals surface area contributed by atoms with E-state index < -0.39 is 10.0 Å². The van der Waals surface area contributed by atoms with Gasteiger partial charge in [-0.15, -0.1) is 0 Å². The molecule has 0 atom stereocenters. The second kappa shape index (κ2) is 6.06. The van der Waals surface area contributed by atoms with Crippen molar-refractivity contribution >= 4 is 37.5 Å². The van der Waals surface area contributed by atoms with Gasteiger partial charge in [0.2, 0.25) is 15.9 Å². The molecule has 0 aromatic heterocycles. The Labute approximate surface area is 133 Å². The van der Waals surface area contributed by atoms with Crippen LogP contribution in [-0.2, 0) is 14.8 Å². The van der Waals surface area contributed by atoms with Crippen molar-refractivity contribution in [3.8, 4) is 0 Å². The number of benzene rings is 1. The number of nitrogens with one attached hydrogen (secondary N) is 1. The normalized spacial score (nSPS) is 17.7. The monoisotopic (exact) mass is 374 g/mol. The SMILES string of the molecule is CCC1(C(=O)Nc2ccc(S(N)(=O)=O)cc2Br)CCCC1. The van der Waals surface area contributed by atoms with Crippen LogP contribution in [0.15, 0.2) is 27.6 Å². The second-order valence-electron chi connectivity index (χ2n) is 5.48. The highest BCUT2D eigenvalue weighted by Gasteiger charge is 2.39. The molecule has 116 valence electrons. The number of hydrogen-bond donors (Lipinski definition) is 2. The number of rotatable bonds is 4. The summed E-state index contributed by atoms with van der Waals surface area (Å²) < 4.78 is 23.1. The first-order valence-electron chi connectivity index (χ1n) is 6.92. The number of hydrogen-bond acceptors (Lipinski definition) is 3. The van der Waals surface area contributed by atoms with Crippen molar-refractivity contribution in [3.05, 3.63) is 22.7 Å². The molecule has 21 heavy (non-hydrogen) atoms. The molecule has 0 radical (unpaired) electrons. The molecular weight excluding hydrogens is 356 g/mol. The van der Waals surface area contributed by atoms with Crippen LogP contribution in [0.5, 0.6) is 0 Å². The number of carbonyl (C=O) groups is 1. The Morgan fingerprint density at radius 3 is 2.48 bits per heavy atom. The lowest BCUT2D eigenvalue weighted by Gasteiger charge is -2.26. The van der Waals surface area contributed by atoms with Crippen molar-refractivity contribution in [1.29, 1.82) is 0 Å². The number of sulfonamides is 1. The smallest absolute Gasteiger partial charge is 0.238 e. The van der Waals surface area contributed by atoms with Gasteiger partial charge >= 0.3 is 0 Å². The summed E-state index contributed by atoms with van der Waals surface area (Å²) in [6.07, 6.45) is 4.77. The fourth-order valence-electron chi connectivity index (χ4n) is 2.82. The van der Waals surface area contributed by atoms with Gasteiger partial charge in [-0.3, -0.25) is 4.79 Å². The summed E-state index contributed by atoms with van der Waals surface area (Å²) in [6, 6.07) is 4.35. The van der Waals surface area contributed by atoms with Gasteiger partial charge in [-0.05, 0) is 53.4 Å². The summed E-state index contributed by atoms with van der Waals surface area (Å²) in [7, 11) is -3.75. The van der Waals surface area contributed by atoms with Crippen LogP contribution in [0, 0.1) is 5.41 Å². The fraction of sp³-hybridized carbons (Fsp3) is 0.500. The highest BCUT2D eigenvalue weighted by molar-refractivity contribution is 9.10. The topological polar surface area (TPSA) is 89.3 Å². The maximum Gasteiger partial charge on any atom is 0.238 e. The van der Waals surface area contributed by atoms with Gasteiger partial charge in [0.05, 0.1) is 10.6 Å². The van der Waals surface area contributed by atoms with Gasteiger partial charge < -0.3 is 5.32 Å². The Kier molecular flexibility index (Phi) is 4.75. The van der Waals surface area contributed by atoms with E-state index in [0.29, 0.717) is 10.2 Å². The summed E-state index contributed by atoms with van der Waals surface area (Å²) >= 11 is 3.28. The van der Waals surface area contributed by atoms with Crippen molar-refractivity contribution in [2.24, 2.45) is 10.6 Å². The minimum atomic E-state index is -3.75.